The van der Waals surface area contributed by atoms with Crippen LogP contribution in [0.1, 0.15) is 29.4 Å². The number of rotatable bonds is 7. The number of benzene rings is 1. The Morgan fingerprint density at radius 1 is 1.13 bits per heavy atom. The van der Waals surface area contributed by atoms with Gasteiger partial charge < -0.3 is 9.64 Å². The summed E-state index contributed by atoms with van der Waals surface area (Å²) in [5, 5.41) is 4.47. The smallest absolute Gasteiger partial charge is 0.409 e. The third kappa shape index (κ3) is 5.59. The van der Waals surface area contributed by atoms with Gasteiger partial charge in [-0.05, 0) is 38.0 Å². The molecule has 0 atom stereocenters. The van der Waals surface area contributed by atoms with Gasteiger partial charge in [-0.3, -0.25) is 4.68 Å². The van der Waals surface area contributed by atoms with Crippen LogP contribution in [0.5, 0.6) is 0 Å². The van der Waals surface area contributed by atoms with Gasteiger partial charge in [-0.1, -0.05) is 24.3 Å². The van der Waals surface area contributed by atoms with Crippen LogP contribution in [0.2, 0.25) is 0 Å². The fourth-order valence-corrected chi connectivity index (χ4v) is 4.61. The van der Waals surface area contributed by atoms with E-state index in [0.29, 0.717) is 26.2 Å². The molecule has 0 radical (unpaired) electrons. The van der Waals surface area contributed by atoms with E-state index < -0.39 is 16.3 Å². The number of nitrogens with zero attached hydrogens (tertiary/aromatic N) is 4. The summed E-state index contributed by atoms with van der Waals surface area (Å²) in [6.45, 7) is 7.97. The molecule has 0 bridgehead atoms. The summed E-state index contributed by atoms with van der Waals surface area (Å²) < 4.78 is 36.2. The highest BCUT2D eigenvalue weighted by atomic mass is 32.2. The molecule has 0 aliphatic carbocycles. The Morgan fingerprint density at radius 3 is 2.47 bits per heavy atom. The predicted molar refractivity (Wildman–Crippen MR) is 113 cm³/mol. The maximum absolute atomic E-state index is 12.7. The molecule has 0 saturated carbocycles. The van der Waals surface area contributed by atoms with Crippen molar-refractivity contribution >= 4 is 16.3 Å². The van der Waals surface area contributed by atoms with Crippen molar-refractivity contribution in [3.63, 3.8) is 0 Å². The van der Waals surface area contributed by atoms with Gasteiger partial charge in [0.05, 0.1) is 18.8 Å². The lowest BCUT2D eigenvalue weighted by atomic mass is 10.1. The van der Waals surface area contributed by atoms with Gasteiger partial charge in [-0.2, -0.15) is 22.5 Å². The Balaban J connectivity index is 1.56. The van der Waals surface area contributed by atoms with Crippen molar-refractivity contribution < 1.29 is 17.9 Å². The minimum atomic E-state index is -3.63. The normalized spacial score (nSPS) is 15.4. The van der Waals surface area contributed by atoms with Gasteiger partial charge >= 0.3 is 6.09 Å². The molecule has 30 heavy (non-hydrogen) atoms. The van der Waals surface area contributed by atoms with Crippen LogP contribution < -0.4 is 4.72 Å². The molecular formula is C20H29N5O4S. The molecule has 1 aromatic heterocycles. The van der Waals surface area contributed by atoms with Crippen molar-refractivity contribution in [2.24, 2.45) is 0 Å². The summed E-state index contributed by atoms with van der Waals surface area (Å²) in [5.41, 5.74) is 3.99. The van der Waals surface area contributed by atoms with Crippen molar-refractivity contribution in [1.29, 1.82) is 0 Å². The largest absolute Gasteiger partial charge is 0.450 e. The standard InChI is InChI=1S/C20H29N5O4S/c1-4-29-20(26)23-8-10-24(11-9-23)30(27,28)21-14-18-6-5-7-19(13-18)15-25-17(3)12-16(2)22-25/h5-7,12-13,21H,4,8-11,14-15H2,1-3H3. The first-order valence-corrected chi connectivity index (χ1v) is 11.5. The highest BCUT2D eigenvalue weighted by molar-refractivity contribution is 7.87. The van der Waals surface area contributed by atoms with E-state index >= 15 is 0 Å². The molecule has 0 spiro atoms. The van der Waals surface area contributed by atoms with Crippen LogP contribution >= 0.6 is 0 Å². The Morgan fingerprint density at radius 2 is 1.83 bits per heavy atom. The average Bonchev–Trinajstić information content (AvgIpc) is 3.04. The average molecular weight is 436 g/mol. The number of piperazine rings is 1. The van der Waals surface area contributed by atoms with Crippen LogP contribution in [0.25, 0.3) is 0 Å². The third-order valence-corrected chi connectivity index (χ3v) is 6.54. The highest BCUT2D eigenvalue weighted by Crippen LogP contribution is 2.12. The van der Waals surface area contributed by atoms with Gasteiger partial charge in [0.1, 0.15) is 0 Å². The number of aromatic nitrogens is 2. The van der Waals surface area contributed by atoms with Gasteiger partial charge in [0.15, 0.2) is 0 Å². The fourth-order valence-electron chi connectivity index (χ4n) is 3.44. The zero-order chi connectivity index (χ0) is 21.7. The van der Waals surface area contributed by atoms with Gasteiger partial charge in [0, 0.05) is 38.4 Å². The van der Waals surface area contributed by atoms with Gasteiger partial charge in [0.25, 0.3) is 10.2 Å². The predicted octanol–water partition coefficient (Wildman–Crippen LogP) is 1.66. The molecule has 164 valence electrons. The number of aryl methyl sites for hydroxylation is 2. The lowest BCUT2D eigenvalue weighted by Crippen LogP contribution is -2.53. The van der Waals surface area contributed by atoms with Crippen LogP contribution in [0.4, 0.5) is 4.79 Å². The van der Waals surface area contributed by atoms with Crippen molar-refractivity contribution in [2.75, 3.05) is 32.8 Å². The van der Waals surface area contributed by atoms with Crippen molar-refractivity contribution in [3.05, 3.63) is 52.8 Å². The molecule has 1 aliphatic heterocycles. The first-order chi connectivity index (χ1) is 14.3. The second-order valence-electron chi connectivity index (χ2n) is 7.32. The lowest BCUT2D eigenvalue weighted by Gasteiger charge is -2.33. The summed E-state index contributed by atoms with van der Waals surface area (Å²) >= 11 is 0. The molecule has 9 nitrogen and oxygen atoms in total. The molecule has 1 aromatic carbocycles. The van der Waals surface area contributed by atoms with E-state index in [1.54, 1.807) is 6.92 Å². The summed E-state index contributed by atoms with van der Waals surface area (Å²) in [6.07, 6.45) is -0.401. The number of hydrogen-bond donors (Lipinski definition) is 1. The number of nitrogens with one attached hydrogen (secondary N) is 1. The molecule has 1 fully saturated rings. The molecular weight excluding hydrogens is 406 g/mol. The SMILES string of the molecule is CCOC(=O)N1CCN(S(=O)(=O)NCc2cccc(Cn3nc(C)cc3C)c2)CC1. The Labute approximate surface area is 177 Å². The molecule has 3 rings (SSSR count). The first-order valence-electron chi connectivity index (χ1n) is 10.0. The minimum Gasteiger partial charge on any atom is -0.450 e. The minimum absolute atomic E-state index is 0.200. The van der Waals surface area contributed by atoms with Crippen molar-refractivity contribution in [2.45, 2.75) is 33.9 Å². The van der Waals surface area contributed by atoms with E-state index in [1.807, 2.05) is 48.9 Å². The van der Waals surface area contributed by atoms with E-state index in [4.69, 9.17) is 4.74 Å². The van der Waals surface area contributed by atoms with Crippen LogP contribution in [0.15, 0.2) is 30.3 Å². The molecule has 1 saturated heterocycles. The molecule has 2 heterocycles. The second kappa shape index (κ2) is 9.59. The van der Waals surface area contributed by atoms with E-state index in [2.05, 4.69) is 9.82 Å². The quantitative estimate of drug-likeness (QED) is 0.713. The highest BCUT2D eigenvalue weighted by Gasteiger charge is 2.29. The molecule has 1 amide bonds. The zero-order valence-corrected chi connectivity index (χ0v) is 18.5. The van der Waals surface area contributed by atoms with Gasteiger partial charge in [0.2, 0.25) is 0 Å². The molecule has 2 aromatic rings. The summed E-state index contributed by atoms with van der Waals surface area (Å²) in [7, 11) is -3.63. The van der Waals surface area contributed by atoms with Gasteiger partial charge in [-0.25, -0.2) is 4.79 Å². The molecule has 1 aliphatic rings. The monoisotopic (exact) mass is 435 g/mol. The number of hydrogen-bond acceptors (Lipinski definition) is 5. The van der Waals surface area contributed by atoms with E-state index in [-0.39, 0.29) is 19.6 Å². The fraction of sp³-hybridized carbons (Fsp3) is 0.500. The zero-order valence-electron chi connectivity index (χ0n) is 17.7. The van der Waals surface area contributed by atoms with Gasteiger partial charge in [-0.15, -0.1) is 0 Å². The summed E-state index contributed by atoms with van der Waals surface area (Å²) in [4.78, 5) is 13.3. The Bertz CT molecular complexity index is 981. The van der Waals surface area contributed by atoms with E-state index in [0.717, 1.165) is 22.5 Å². The number of carbonyl (C=O) groups excluding carboxylic acids is 1. The van der Waals surface area contributed by atoms with Crippen LogP contribution in [0, 0.1) is 13.8 Å². The number of carbonyl (C=O) groups is 1. The Hall–Kier alpha value is -2.43. The van der Waals surface area contributed by atoms with Crippen LogP contribution in [0.3, 0.4) is 0 Å². The topological polar surface area (TPSA) is 96.8 Å². The molecule has 1 N–H and O–H groups in total. The van der Waals surface area contributed by atoms with Crippen molar-refractivity contribution in [3.8, 4) is 0 Å². The maximum Gasteiger partial charge on any atom is 0.409 e. The third-order valence-electron chi connectivity index (χ3n) is 4.99. The maximum atomic E-state index is 12.7. The van der Waals surface area contributed by atoms with Crippen LogP contribution in [-0.2, 0) is 28.0 Å². The second-order valence-corrected chi connectivity index (χ2v) is 9.07. The summed E-state index contributed by atoms with van der Waals surface area (Å²) in [5.74, 6) is 0. The Kier molecular flexibility index (Phi) is 7.11. The summed E-state index contributed by atoms with van der Waals surface area (Å²) in [6, 6.07) is 9.83. The van der Waals surface area contributed by atoms with Crippen molar-refractivity contribution in [1.82, 2.24) is 23.7 Å². The van der Waals surface area contributed by atoms with Crippen LogP contribution in [-0.4, -0.2) is 66.3 Å². The number of amides is 1. The van der Waals surface area contributed by atoms with E-state index in [9.17, 15) is 13.2 Å². The first kappa shape index (κ1) is 22.3. The molecule has 0 unspecified atom stereocenters. The number of ether oxygens (including phenoxy) is 1. The lowest BCUT2D eigenvalue weighted by molar-refractivity contribution is 0.0932. The van der Waals surface area contributed by atoms with E-state index in [1.165, 1.54) is 9.21 Å². The molecule has 10 heteroatoms.